The molecule has 2 aromatic rings. The minimum absolute atomic E-state index is 0.140. The lowest BCUT2D eigenvalue weighted by Gasteiger charge is -2.08. The summed E-state index contributed by atoms with van der Waals surface area (Å²) in [4.78, 5) is 12.4. The fourth-order valence-corrected chi connectivity index (χ4v) is 3.04. The summed E-state index contributed by atoms with van der Waals surface area (Å²) in [7, 11) is 1.01. The van der Waals surface area contributed by atoms with Crippen molar-refractivity contribution in [2.75, 3.05) is 20.8 Å². The molecule has 2 aromatic carbocycles. The number of methoxy groups -OCH3 is 2. The number of nitrogens with one attached hydrogen (secondary N) is 1. The maximum Gasteiger partial charge on any atom is 0.402 e. The molecule has 5 nitrogen and oxygen atoms in total. The monoisotopic (exact) mass is 413 g/mol. The zero-order chi connectivity index (χ0) is 20.7. The van der Waals surface area contributed by atoms with Crippen LogP contribution in [0.25, 0.3) is 6.08 Å². The van der Waals surface area contributed by atoms with Crippen molar-refractivity contribution in [3.8, 4) is 11.5 Å². The van der Waals surface area contributed by atoms with Gasteiger partial charge in [0.15, 0.2) is 5.78 Å². The van der Waals surface area contributed by atoms with Crippen LogP contribution >= 0.6 is 0 Å². The molecular formula is C19H18F3NO4S. The maximum absolute atomic E-state index is 12.3. The zero-order valence-electron chi connectivity index (χ0n) is 15.1. The van der Waals surface area contributed by atoms with Crippen LogP contribution in [0.2, 0.25) is 0 Å². The molecule has 9 heteroatoms. The van der Waals surface area contributed by atoms with Crippen molar-refractivity contribution < 1.29 is 31.6 Å². The number of carbonyl (C=O) groups excluding carboxylic acids is 1. The van der Waals surface area contributed by atoms with E-state index in [0.717, 1.165) is 0 Å². The number of ketones is 1. The van der Waals surface area contributed by atoms with Crippen molar-refractivity contribution in [2.24, 2.45) is 0 Å². The molecule has 0 aliphatic rings. The third kappa shape index (κ3) is 6.21. The van der Waals surface area contributed by atoms with Crippen LogP contribution in [0.1, 0.15) is 15.9 Å². The quantitative estimate of drug-likeness (QED) is 0.529. The number of ether oxygens (including phenoxy) is 2. The largest absolute Gasteiger partial charge is 0.497 e. The first-order valence-electron chi connectivity index (χ1n) is 8.00. The Hall–Kier alpha value is -2.65. The normalized spacial score (nSPS) is 12.8. The summed E-state index contributed by atoms with van der Waals surface area (Å²) in [6, 6.07) is 10.6. The van der Waals surface area contributed by atoms with Crippen molar-refractivity contribution in [1.29, 1.82) is 0 Å². The molecule has 28 heavy (non-hydrogen) atoms. The van der Waals surface area contributed by atoms with Crippen LogP contribution in [0.15, 0.2) is 53.4 Å². The average molecular weight is 413 g/mol. The van der Waals surface area contributed by atoms with Gasteiger partial charge in [-0.15, -0.1) is 0 Å². The Bertz CT molecular complexity index is 880. The predicted octanol–water partition coefficient (Wildman–Crippen LogP) is 3.77. The first kappa shape index (κ1) is 21.6. The lowest BCUT2D eigenvalue weighted by atomic mass is 10.1. The van der Waals surface area contributed by atoms with E-state index in [-0.39, 0.29) is 10.7 Å². The molecule has 2 rings (SSSR count). The van der Waals surface area contributed by atoms with Crippen molar-refractivity contribution in [1.82, 2.24) is 4.72 Å². The molecule has 0 saturated carbocycles. The standard InChI is InChI=1S/C19H18F3NO4S/c1-26-15-7-3-14(18(11-15)27-2)6-10-17(24)13-4-8-16(9-5-13)28(25)23-12-19(20,21)22/h3-11,23H,12H2,1-2H3/b10-6+. The molecule has 0 aliphatic heterocycles. The Labute approximate surface area is 162 Å². The summed E-state index contributed by atoms with van der Waals surface area (Å²) in [6.45, 7) is -1.37. The Morgan fingerprint density at radius 1 is 1.11 bits per heavy atom. The van der Waals surface area contributed by atoms with Crippen LogP contribution in [0, 0.1) is 0 Å². The second-order valence-electron chi connectivity index (χ2n) is 5.53. The molecule has 0 fully saturated rings. The molecule has 0 amide bonds. The van der Waals surface area contributed by atoms with Gasteiger partial charge < -0.3 is 9.47 Å². The van der Waals surface area contributed by atoms with Gasteiger partial charge in [0, 0.05) is 17.2 Å². The van der Waals surface area contributed by atoms with Gasteiger partial charge in [-0.05, 0) is 48.6 Å². The fraction of sp³-hybridized carbons (Fsp3) is 0.211. The van der Waals surface area contributed by atoms with Crippen LogP contribution in [0.3, 0.4) is 0 Å². The van der Waals surface area contributed by atoms with E-state index < -0.39 is 23.7 Å². The third-order valence-corrected chi connectivity index (χ3v) is 4.72. The summed E-state index contributed by atoms with van der Waals surface area (Å²) in [5.41, 5.74) is 0.978. The van der Waals surface area contributed by atoms with Gasteiger partial charge in [0.1, 0.15) is 29.0 Å². The molecule has 1 N–H and O–H groups in total. The predicted molar refractivity (Wildman–Crippen MR) is 99.8 cm³/mol. The van der Waals surface area contributed by atoms with E-state index in [1.165, 1.54) is 44.6 Å². The number of benzene rings is 2. The second-order valence-corrected chi connectivity index (χ2v) is 6.83. The highest BCUT2D eigenvalue weighted by Crippen LogP contribution is 2.25. The number of halogens is 3. The Morgan fingerprint density at radius 3 is 2.36 bits per heavy atom. The van der Waals surface area contributed by atoms with E-state index in [0.29, 0.717) is 22.6 Å². The number of allylic oxidation sites excluding steroid dienone is 1. The molecule has 0 saturated heterocycles. The minimum atomic E-state index is -4.46. The molecule has 150 valence electrons. The number of hydrogen-bond donors (Lipinski definition) is 1. The molecule has 0 heterocycles. The van der Waals surface area contributed by atoms with Gasteiger partial charge in [-0.25, -0.2) is 8.93 Å². The number of carbonyl (C=O) groups is 1. The first-order valence-corrected chi connectivity index (χ1v) is 9.15. The van der Waals surface area contributed by atoms with E-state index in [1.54, 1.807) is 24.3 Å². The van der Waals surface area contributed by atoms with E-state index >= 15 is 0 Å². The first-order chi connectivity index (χ1) is 13.2. The fourth-order valence-electron chi connectivity index (χ4n) is 2.19. The van der Waals surface area contributed by atoms with Gasteiger partial charge in [-0.2, -0.15) is 13.2 Å². The van der Waals surface area contributed by atoms with Crippen molar-refractivity contribution in [3.63, 3.8) is 0 Å². The van der Waals surface area contributed by atoms with Crippen molar-refractivity contribution in [3.05, 3.63) is 59.7 Å². The summed E-state index contributed by atoms with van der Waals surface area (Å²) in [6.07, 6.45) is -1.53. The van der Waals surface area contributed by atoms with E-state index in [2.05, 4.69) is 0 Å². The van der Waals surface area contributed by atoms with Gasteiger partial charge in [0.2, 0.25) is 0 Å². The lowest BCUT2D eigenvalue weighted by molar-refractivity contribution is -0.121. The molecule has 0 aromatic heterocycles. The average Bonchev–Trinajstić information content (AvgIpc) is 2.69. The smallest absolute Gasteiger partial charge is 0.402 e. The van der Waals surface area contributed by atoms with Crippen LogP contribution in [-0.2, 0) is 11.0 Å². The second kappa shape index (κ2) is 9.52. The Kier molecular flexibility index (Phi) is 7.36. The zero-order valence-corrected chi connectivity index (χ0v) is 15.9. The highest BCUT2D eigenvalue weighted by molar-refractivity contribution is 7.83. The molecule has 0 radical (unpaired) electrons. The van der Waals surface area contributed by atoms with Crippen LogP contribution < -0.4 is 14.2 Å². The van der Waals surface area contributed by atoms with E-state index in [9.17, 15) is 22.2 Å². The van der Waals surface area contributed by atoms with Crippen LogP contribution in [0.4, 0.5) is 13.2 Å². The van der Waals surface area contributed by atoms with Gasteiger partial charge in [0.05, 0.1) is 19.1 Å². The molecule has 0 aliphatic carbocycles. The molecule has 0 spiro atoms. The Morgan fingerprint density at radius 2 is 1.79 bits per heavy atom. The molecule has 0 bridgehead atoms. The summed E-state index contributed by atoms with van der Waals surface area (Å²) < 4.78 is 60.5. The highest BCUT2D eigenvalue weighted by atomic mass is 32.2. The summed E-state index contributed by atoms with van der Waals surface area (Å²) >= 11 is 0. The number of rotatable bonds is 8. The van der Waals surface area contributed by atoms with E-state index in [1.807, 2.05) is 4.72 Å². The van der Waals surface area contributed by atoms with Gasteiger partial charge in [0.25, 0.3) is 0 Å². The van der Waals surface area contributed by atoms with Gasteiger partial charge >= 0.3 is 6.18 Å². The number of alkyl halides is 3. The lowest BCUT2D eigenvalue weighted by Crippen LogP contribution is -2.30. The maximum atomic E-state index is 12.3. The molecular weight excluding hydrogens is 395 g/mol. The van der Waals surface area contributed by atoms with Crippen LogP contribution in [0.5, 0.6) is 11.5 Å². The highest BCUT2D eigenvalue weighted by Gasteiger charge is 2.27. The minimum Gasteiger partial charge on any atom is -0.497 e. The Balaban J connectivity index is 2.07. The molecule has 1 unspecified atom stereocenters. The SMILES string of the molecule is COc1ccc(/C=C/C(=O)c2ccc(S(=O)NCC(F)(F)F)cc2)c(OC)c1. The van der Waals surface area contributed by atoms with Crippen molar-refractivity contribution in [2.45, 2.75) is 11.1 Å². The molecule has 1 atom stereocenters. The van der Waals surface area contributed by atoms with Crippen molar-refractivity contribution >= 4 is 22.8 Å². The topological polar surface area (TPSA) is 64.6 Å². The van der Waals surface area contributed by atoms with Gasteiger partial charge in [-0.1, -0.05) is 0 Å². The van der Waals surface area contributed by atoms with Crippen LogP contribution in [-0.4, -0.2) is 36.9 Å². The number of hydrogen-bond acceptors (Lipinski definition) is 4. The summed E-state index contributed by atoms with van der Waals surface area (Å²) in [5.74, 6) is 0.825. The third-order valence-electron chi connectivity index (χ3n) is 3.61. The van der Waals surface area contributed by atoms with E-state index in [4.69, 9.17) is 9.47 Å². The summed E-state index contributed by atoms with van der Waals surface area (Å²) in [5, 5.41) is 0. The van der Waals surface area contributed by atoms with Gasteiger partial charge in [-0.3, -0.25) is 4.79 Å².